The molecule has 4 heteroatoms. The fourth-order valence-corrected chi connectivity index (χ4v) is 2.17. The number of aromatic nitrogens is 1. The number of rotatable bonds is 2. The zero-order valence-electron chi connectivity index (χ0n) is 10.0. The first-order valence-corrected chi connectivity index (χ1v) is 6.41. The highest BCUT2D eigenvalue weighted by Crippen LogP contribution is 2.19. The van der Waals surface area contributed by atoms with Crippen LogP contribution in [0.4, 0.5) is 0 Å². The molecule has 92 valence electrons. The first-order valence-electron chi connectivity index (χ1n) is 6.03. The Kier molecular flexibility index (Phi) is 4.00. The molecule has 2 heterocycles. The summed E-state index contributed by atoms with van der Waals surface area (Å²) in [6.45, 7) is 3.71. The Hall–Kier alpha value is -1.09. The van der Waals surface area contributed by atoms with Crippen LogP contribution in [-0.2, 0) is 11.3 Å². The van der Waals surface area contributed by atoms with E-state index in [2.05, 4.69) is 11.9 Å². The van der Waals surface area contributed by atoms with Crippen molar-refractivity contribution in [2.45, 2.75) is 32.7 Å². The van der Waals surface area contributed by atoms with Gasteiger partial charge in [-0.1, -0.05) is 24.6 Å². The van der Waals surface area contributed by atoms with Crippen LogP contribution in [0.1, 0.15) is 31.7 Å². The van der Waals surface area contributed by atoms with E-state index in [4.69, 9.17) is 11.6 Å². The summed E-state index contributed by atoms with van der Waals surface area (Å²) in [6.07, 6.45) is 4.51. The summed E-state index contributed by atoms with van der Waals surface area (Å²) in [5.41, 5.74) is 1.04. The Morgan fingerprint density at radius 3 is 3.00 bits per heavy atom. The van der Waals surface area contributed by atoms with Crippen molar-refractivity contribution in [3.63, 3.8) is 0 Å². The lowest BCUT2D eigenvalue weighted by Gasteiger charge is -2.20. The molecule has 17 heavy (non-hydrogen) atoms. The smallest absolute Gasteiger partial charge is 0.222 e. The van der Waals surface area contributed by atoms with Gasteiger partial charge in [0.05, 0.1) is 0 Å². The Morgan fingerprint density at radius 2 is 2.29 bits per heavy atom. The van der Waals surface area contributed by atoms with Crippen LogP contribution < -0.4 is 0 Å². The standard InChI is InChI=1S/C13H17ClN2O/c1-10-2-5-13(17)16(7-6-10)9-11-3-4-12(14)15-8-11/h3-4,8,10H,2,5-7,9H2,1H3. The second kappa shape index (κ2) is 5.50. The fraction of sp³-hybridized carbons (Fsp3) is 0.538. The van der Waals surface area contributed by atoms with Crippen molar-refractivity contribution in [1.29, 1.82) is 0 Å². The number of hydrogen-bond acceptors (Lipinski definition) is 2. The lowest BCUT2D eigenvalue weighted by molar-refractivity contribution is -0.131. The van der Waals surface area contributed by atoms with Gasteiger partial charge >= 0.3 is 0 Å². The molecule has 0 saturated carbocycles. The van der Waals surface area contributed by atoms with E-state index in [1.54, 1.807) is 12.3 Å². The monoisotopic (exact) mass is 252 g/mol. The van der Waals surface area contributed by atoms with Gasteiger partial charge in [0.25, 0.3) is 0 Å². The Morgan fingerprint density at radius 1 is 1.47 bits per heavy atom. The third-order valence-corrected chi connectivity index (χ3v) is 3.48. The minimum absolute atomic E-state index is 0.254. The molecule has 0 aliphatic carbocycles. The van der Waals surface area contributed by atoms with Crippen LogP contribution >= 0.6 is 11.6 Å². The molecule has 1 atom stereocenters. The van der Waals surface area contributed by atoms with Crippen molar-refractivity contribution < 1.29 is 4.79 Å². The van der Waals surface area contributed by atoms with Crippen LogP contribution in [0.25, 0.3) is 0 Å². The number of nitrogens with zero attached hydrogens (tertiary/aromatic N) is 2. The third-order valence-electron chi connectivity index (χ3n) is 3.26. The van der Waals surface area contributed by atoms with E-state index in [0.29, 0.717) is 24.0 Å². The van der Waals surface area contributed by atoms with Gasteiger partial charge in [-0.25, -0.2) is 4.98 Å². The summed E-state index contributed by atoms with van der Waals surface area (Å²) in [5.74, 6) is 0.900. The van der Waals surface area contributed by atoms with Gasteiger partial charge in [-0.15, -0.1) is 0 Å². The minimum atomic E-state index is 0.254. The number of likely N-dealkylation sites (tertiary alicyclic amines) is 1. The molecule has 0 bridgehead atoms. The SMILES string of the molecule is CC1CCC(=O)N(Cc2ccc(Cl)nc2)CC1. The van der Waals surface area contributed by atoms with Crippen LogP contribution in [0, 0.1) is 5.92 Å². The van der Waals surface area contributed by atoms with Crippen molar-refractivity contribution in [1.82, 2.24) is 9.88 Å². The summed E-state index contributed by atoms with van der Waals surface area (Å²) in [6, 6.07) is 3.69. The Labute approximate surface area is 107 Å². The van der Waals surface area contributed by atoms with Crippen LogP contribution in [0.15, 0.2) is 18.3 Å². The maximum absolute atomic E-state index is 11.9. The van der Waals surface area contributed by atoms with E-state index in [1.807, 2.05) is 11.0 Å². The molecule has 1 aromatic rings. The summed E-state index contributed by atoms with van der Waals surface area (Å²) in [4.78, 5) is 17.9. The van der Waals surface area contributed by atoms with Crippen molar-refractivity contribution >= 4 is 17.5 Å². The Balaban J connectivity index is 2.01. The van der Waals surface area contributed by atoms with E-state index >= 15 is 0 Å². The third kappa shape index (κ3) is 3.43. The normalized spacial score (nSPS) is 21.4. The highest BCUT2D eigenvalue weighted by molar-refractivity contribution is 6.29. The first kappa shape index (κ1) is 12.4. The molecule has 1 aliphatic rings. The quantitative estimate of drug-likeness (QED) is 0.759. The Bertz CT molecular complexity index is 391. The largest absolute Gasteiger partial charge is 0.338 e. The number of halogens is 1. The van der Waals surface area contributed by atoms with E-state index in [1.165, 1.54) is 0 Å². The summed E-state index contributed by atoms with van der Waals surface area (Å²) >= 11 is 5.74. The molecule has 1 saturated heterocycles. The summed E-state index contributed by atoms with van der Waals surface area (Å²) < 4.78 is 0. The zero-order chi connectivity index (χ0) is 12.3. The van der Waals surface area contributed by atoms with Gasteiger partial charge in [0.1, 0.15) is 5.15 Å². The van der Waals surface area contributed by atoms with Gasteiger partial charge in [0, 0.05) is 25.7 Å². The van der Waals surface area contributed by atoms with Crippen molar-refractivity contribution in [2.75, 3.05) is 6.54 Å². The van der Waals surface area contributed by atoms with Crippen molar-refractivity contribution in [3.05, 3.63) is 29.0 Å². The number of amides is 1. The van der Waals surface area contributed by atoms with E-state index in [9.17, 15) is 4.79 Å². The topological polar surface area (TPSA) is 33.2 Å². The molecular weight excluding hydrogens is 236 g/mol. The van der Waals surface area contributed by atoms with Crippen LogP contribution in [0.5, 0.6) is 0 Å². The average molecular weight is 253 g/mol. The first-order chi connectivity index (χ1) is 8.15. The zero-order valence-corrected chi connectivity index (χ0v) is 10.8. The molecule has 1 aromatic heterocycles. The van der Waals surface area contributed by atoms with E-state index < -0.39 is 0 Å². The summed E-state index contributed by atoms with van der Waals surface area (Å²) in [5, 5.41) is 0.490. The molecule has 0 N–H and O–H groups in total. The predicted molar refractivity (Wildman–Crippen MR) is 67.7 cm³/mol. The molecule has 1 amide bonds. The molecule has 2 rings (SSSR count). The number of carbonyl (C=O) groups excluding carboxylic acids is 1. The molecule has 1 aliphatic heterocycles. The van der Waals surface area contributed by atoms with Crippen molar-refractivity contribution in [2.24, 2.45) is 5.92 Å². The number of pyridine rings is 1. The van der Waals surface area contributed by atoms with Gasteiger partial charge in [0.15, 0.2) is 0 Å². The predicted octanol–water partition coefficient (Wildman–Crippen LogP) is 2.88. The van der Waals surface area contributed by atoms with E-state index in [-0.39, 0.29) is 5.91 Å². The van der Waals surface area contributed by atoms with Crippen molar-refractivity contribution in [3.8, 4) is 0 Å². The molecule has 0 aromatic carbocycles. The highest BCUT2D eigenvalue weighted by Gasteiger charge is 2.20. The second-order valence-electron chi connectivity index (χ2n) is 4.74. The van der Waals surface area contributed by atoms with Crippen LogP contribution in [0.2, 0.25) is 5.15 Å². The van der Waals surface area contributed by atoms with Crippen LogP contribution in [0.3, 0.4) is 0 Å². The summed E-state index contributed by atoms with van der Waals surface area (Å²) in [7, 11) is 0. The minimum Gasteiger partial charge on any atom is -0.338 e. The van der Waals surface area contributed by atoms with Gasteiger partial charge < -0.3 is 4.90 Å². The van der Waals surface area contributed by atoms with E-state index in [0.717, 1.165) is 24.9 Å². The van der Waals surface area contributed by atoms with Gasteiger partial charge in [-0.3, -0.25) is 4.79 Å². The van der Waals surface area contributed by atoms with Gasteiger partial charge in [-0.05, 0) is 30.4 Å². The van der Waals surface area contributed by atoms with Gasteiger partial charge in [0.2, 0.25) is 5.91 Å². The highest BCUT2D eigenvalue weighted by atomic mass is 35.5. The lowest BCUT2D eigenvalue weighted by atomic mass is 10.0. The fourth-order valence-electron chi connectivity index (χ4n) is 2.06. The average Bonchev–Trinajstić information content (AvgIpc) is 2.47. The molecule has 1 unspecified atom stereocenters. The number of carbonyl (C=O) groups is 1. The van der Waals surface area contributed by atoms with Gasteiger partial charge in [-0.2, -0.15) is 0 Å². The molecule has 3 nitrogen and oxygen atoms in total. The maximum Gasteiger partial charge on any atom is 0.222 e. The number of hydrogen-bond donors (Lipinski definition) is 0. The lowest BCUT2D eigenvalue weighted by Crippen LogP contribution is -2.29. The molecule has 0 spiro atoms. The molecular formula is C13H17ClN2O. The second-order valence-corrected chi connectivity index (χ2v) is 5.12. The maximum atomic E-state index is 11.9. The molecule has 0 radical (unpaired) electrons. The molecule has 1 fully saturated rings. The van der Waals surface area contributed by atoms with Crippen LogP contribution in [-0.4, -0.2) is 22.3 Å².